The highest BCUT2D eigenvalue weighted by molar-refractivity contribution is 5.85. The van der Waals surface area contributed by atoms with Crippen LogP contribution in [-0.2, 0) is 14.3 Å². The fraction of sp³-hybridized carbons (Fsp3) is 0.923. The average molecular weight is 282 g/mol. The molecule has 0 saturated heterocycles. The first-order chi connectivity index (χ1) is 7.99. The fourth-order valence-corrected chi connectivity index (χ4v) is 1.78. The second-order valence-electron chi connectivity index (χ2n) is 5.02. The van der Waals surface area contributed by atoms with E-state index in [2.05, 4.69) is 13.8 Å². The van der Waals surface area contributed by atoms with Crippen LogP contribution in [0.1, 0.15) is 40.0 Å². The zero-order valence-corrected chi connectivity index (χ0v) is 12.8. The van der Waals surface area contributed by atoms with E-state index in [1.54, 1.807) is 7.11 Å². The summed E-state index contributed by atoms with van der Waals surface area (Å²) in [5.74, 6) is 0.643. The van der Waals surface area contributed by atoms with E-state index in [-0.39, 0.29) is 30.4 Å². The van der Waals surface area contributed by atoms with Crippen LogP contribution in [0.4, 0.5) is 0 Å². The fourth-order valence-electron chi connectivity index (χ4n) is 1.78. The topological polar surface area (TPSA) is 61.5 Å². The first-order valence-corrected chi connectivity index (χ1v) is 6.38. The predicted octanol–water partition coefficient (Wildman–Crippen LogP) is 2.39. The number of carbonyl (C=O) groups excluding carboxylic acids is 1. The van der Waals surface area contributed by atoms with Crippen LogP contribution in [0.25, 0.3) is 0 Å². The number of hydrogen-bond donors (Lipinski definition) is 1. The summed E-state index contributed by atoms with van der Waals surface area (Å²) in [5, 5.41) is 0. The Balaban J connectivity index is 0. The molecule has 0 heterocycles. The molecule has 0 aromatic carbocycles. The molecule has 0 aliphatic heterocycles. The van der Waals surface area contributed by atoms with Crippen molar-refractivity contribution in [1.82, 2.24) is 0 Å². The second kappa shape index (κ2) is 11.8. The minimum absolute atomic E-state index is 0. The second-order valence-corrected chi connectivity index (χ2v) is 5.02. The average Bonchev–Trinajstić information content (AvgIpc) is 2.24. The van der Waals surface area contributed by atoms with Gasteiger partial charge in [-0.05, 0) is 31.7 Å². The number of hydrogen-bond acceptors (Lipinski definition) is 4. The third-order valence-electron chi connectivity index (χ3n) is 2.65. The summed E-state index contributed by atoms with van der Waals surface area (Å²) in [7, 11) is 1.64. The van der Waals surface area contributed by atoms with Gasteiger partial charge in [-0.15, -0.1) is 12.4 Å². The van der Waals surface area contributed by atoms with Crippen molar-refractivity contribution < 1.29 is 14.3 Å². The van der Waals surface area contributed by atoms with Crippen LogP contribution in [0.5, 0.6) is 0 Å². The lowest BCUT2D eigenvalue weighted by atomic mass is 9.94. The molecule has 5 heteroatoms. The van der Waals surface area contributed by atoms with Crippen molar-refractivity contribution in [3.63, 3.8) is 0 Å². The summed E-state index contributed by atoms with van der Waals surface area (Å²) in [6.07, 6.45) is 2.05. The molecule has 0 amide bonds. The van der Waals surface area contributed by atoms with Gasteiger partial charge in [0.1, 0.15) is 6.10 Å². The third kappa shape index (κ3) is 10.8. The zero-order valence-electron chi connectivity index (χ0n) is 12.0. The van der Waals surface area contributed by atoms with Gasteiger partial charge in [-0.2, -0.15) is 0 Å². The smallest absolute Gasteiger partial charge is 0.306 e. The van der Waals surface area contributed by atoms with Crippen molar-refractivity contribution in [3.05, 3.63) is 0 Å². The molecule has 110 valence electrons. The molecule has 0 saturated carbocycles. The molecule has 2 N–H and O–H groups in total. The molecule has 0 aromatic heterocycles. The molecule has 18 heavy (non-hydrogen) atoms. The van der Waals surface area contributed by atoms with E-state index in [0.717, 1.165) is 12.8 Å². The zero-order chi connectivity index (χ0) is 13.3. The first-order valence-electron chi connectivity index (χ1n) is 6.38. The van der Waals surface area contributed by atoms with Gasteiger partial charge in [-0.3, -0.25) is 4.79 Å². The lowest BCUT2D eigenvalue weighted by molar-refractivity contribution is -0.150. The molecular weight excluding hydrogens is 254 g/mol. The van der Waals surface area contributed by atoms with Crippen molar-refractivity contribution in [2.75, 3.05) is 20.3 Å². The summed E-state index contributed by atoms with van der Waals surface area (Å²) in [6, 6.07) is 0. The third-order valence-corrected chi connectivity index (χ3v) is 2.65. The van der Waals surface area contributed by atoms with E-state index < -0.39 is 0 Å². The summed E-state index contributed by atoms with van der Waals surface area (Å²) >= 11 is 0. The van der Waals surface area contributed by atoms with Crippen molar-refractivity contribution in [2.24, 2.45) is 17.6 Å². The Morgan fingerprint density at radius 3 is 2.33 bits per heavy atom. The number of ether oxygens (including phenoxy) is 2. The minimum atomic E-state index is -0.148. The Labute approximate surface area is 117 Å². The van der Waals surface area contributed by atoms with Crippen LogP contribution in [0.15, 0.2) is 0 Å². The highest BCUT2D eigenvalue weighted by atomic mass is 35.5. The first kappa shape index (κ1) is 20.0. The molecule has 1 unspecified atom stereocenters. The van der Waals surface area contributed by atoms with Gasteiger partial charge in [-0.25, -0.2) is 0 Å². The van der Waals surface area contributed by atoms with E-state index in [9.17, 15) is 4.79 Å². The summed E-state index contributed by atoms with van der Waals surface area (Å²) < 4.78 is 10.2. The number of rotatable bonds is 9. The standard InChI is InChI=1S/C13H27NO3.ClH/c1-10(2)7-12(9-14)8-13(15)17-11(3)5-6-16-4;/h10-12H,5-9,14H2,1-4H3;1H/t11?,12-;/m0./s1. The van der Waals surface area contributed by atoms with Gasteiger partial charge in [0.25, 0.3) is 0 Å². The van der Waals surface area contributed by atoms with Crippen molar-refractivity contribution >= 4 is 18.4 Å². The van der Waals surface area contributed by atoms with E-state index in [4.69, 9.17) is 15.2 Å². The van der Waals surface area contributed by atoms with Gasteiger partial charge in [-0.1, -0.05) is 13.8 Å². The van der Waals surface area contributed by atoms with E-state index >= 15 is 0 Å². The molecule has 0 fully saturated rings. The largest absolute Gasteiger partial charge is 0.463 e. The minimum Gasteiger partial charge on any atom is -0.463 e. The van der Waals surface area contributed by atoms with Gasteiger partial charge in [0, 0.05) is 26.6 Å². The van der Waals surface area contributed by atoms with Crippen LogP contribution in [0.2, 0.25) is 0 Å². The van der Waals surface area contributed by atoms with Gasteiger partial charge >= 0.3 is 5.97 Å². The van der Waals surface area contributed by atoms with Crippen molar-refractivity contribution in [3.8, 4) is 0 Å². The quantitative estimate of drug-likeness (QED) is 0.659. The predicted molar refractivity (Wildman–Crippen MR) is 75.9 cm³/mol. The molecule has 0 bridgehead atoms. The summed E-state index contributed by atoms with van der Waals surface area (Å²) in [6.45, 7) is 7.31. The summed E-state index contributed by atoms with van der Waals surface area (Å²) in [4.78, 5) is 11.6. The molecule has 2 atom stereocenters. The Hall–Kier alpha value is -0.320. The molecule has 4 nitrogen and oxygen atoms in total. The monoisotopic (exact) mass is 281 g/mol. The van der Waals surface area contributed by atoms with E-state index in [0.29, 0.717) is 25.5 Å². The Kier molecular flexibility index (Phi) is 13.1. The number of nitrogens with two attached hydrogens (primary N) is 1. The molecule has 0 aromatic rings. The van der Waals surface area contributed by atoms with Gasteiger partial charge in [0.2, 0.25) is 0 Å². The highest BCUT2D eigenvalue weighted by Gasteiger charge is 2.16. The molecule has 0 rings (SSSR count). The maximum atomic E-state index is 11.6. The van der Waals surface area contributed by atoms with E-state index in [1.807, 2.05) is 6.92 Å². The van der Waals surface area contributed by atoms with Crippen LogP contribution >= 0.6 is 12.4 Å². The van der Waals surface area contributed by atoms with Crippen LogP contribution in [0.3, 0.4) is 0 Å². The van der Waals surface area contributed by atoms with Gasteiger partial charge < -0.3 is 15.2 Å². The van der Waals surface area contributed by atoms with Gasteiger partial charge in [0.15, 0.2) is 0 Å². The number of methoxy groups -OCH3 is 1. The molecule has 0 radical (unpaired) electrons. The molecular formula is C13H28ClNO3. The number of esters is 1. The van der Waals surface area contributed by atoms with Crippen LogP contribution < -0.4 is 5.73 Å². The Bertz CT molecular complexity index is 212. The van der Waals surface area contributed by atoms with Crippen molar-refractivity contribution in [2.45, 2.75) is 46.1 Å². The Morgan fingerprint density at radius 2 is 1.89 bits per heavy atom. The highest BCUT2D eigenvalue weighted by Crippen LogP contribution is 2.15. The molecule has 0 aliphatic rings. The van der Waals surface area contributed by atoms with Crippen LogP contribution in [0, 0.1) is 11.8 Å². The molecule has 0 spiro atoms. The SMILES string of the molecule is COCCC(C)OC(=O)C[C@@H](CN)CC(C)C.Cl. The van der Waals surface area contributed by atoms with E-state index in [1.165, 1.54) is 0 Å². The molecule has 0 aliphatic carbocycles. The Morgan fingerprint density at radius 1 is 1.28 bits per heavy atom. The number of carbonyl (C=O) groups is 1. The van der Waals surface area contributed by atoms with Gasteiger partial charge in [0.05, 0.1) is 0 Å². The maximum Gasteiger partial charge on any atom is 0.306 e. The van der Waals surface area contributed by atoms with Crippen molar-refractivity contribution in [1.29, 1.82) is 0 Å². The number of halogens is 1. The summed E-state index contributed by atoms with van der Waals surface area (Å²) in [5.41, 5.74) is 5.65. The lowest BCUT2D eigenvalue weighted by Crippen LogP contribution is -2.23. The lowest BCUT2D eigenvalue weighted by Gasteiger charge is -2.18. The van der Waals surface area contributed by atoms with Crippen LogP contribution in [-0.4, -0.2) is 32.3 Å². The normalized spacial score (nSPS) is 13.9. The maximum absolute atomic E-state index is 11.6.